The summed E-state index contributed by atoms with van der Waals surface area (Å²) in [7, 11) is 0. The molecule has 4 nitrogen and oxygen atoms in total. The van der Waals surface area contributed by atoms with Crippen molar-refractivity contribution in [1.29, 1.82) is 0 Å². The minimum absolute atomic E-state index is 0.0136. The molecule has 0 saturated carbocycles. The highest BCUT2D eigenvalue weighted by atomic mass is 32.2. The number of carbonyl (C=O) groups is 1. The molecule has 0 radical (unpaired) electrons. The van der Waals surface area contributed by atoms with Crippen molar-refractivity contribution in [3.8, 4) is 11.3 Å². The van der Waals surface area contributed by atoms with Gasteiger partial charge in [0.25, 0.3) is 0 Å². The first-order chi connectivity index (χ1) is 12.2. The summed E-state index contributed by atoms with van der Waals surface area (Å²) in [5, 5.41) is 14.1. The van der Waals surface area contributed by atoms with Crippen LogP contribution in [0.5, 0.6) is 0 Å². The van der Waals surface area contributed by atoms with Gasteiger partial charge in [-0.2, -0.15) is 0 Å². The summed E-state index contributed by atoms with van der Waals surface area (Å²) in [4.78, 5) is 11.8. The summed E-state index contributed by atoms with van der Waals surface area (Å²) in [6, 6.07) is 14.0. The molecule has 25 heavy (non-hydrogen) atoms. The van der Waals surface area contributed by atoms with Gasteiger partial charge in [-0.25, -0.2) is 4.39 Å². The first-order valence-corrected chi connectivity index (χ1v) is 9.08. The molecule has 0 aliphatic heterocycles. The van der Waals surface area contributed by atoms with Crippen LogP contribution in [0.3, 0.4) is 0 Å². The van der Waals surface area contributed by atoms with Crippen LogP contribution in [0.15, 0.2) is 53.6 Å². The summed E-state index contributed by atoms with van der Waals surface area (Å²) < 4.78 is 13.2. The van der Waals surface area contributed by atoms with Crippen LogP contribution in [-0.2, 0) is 4.79 Å². The van der Waals surface area contributed by atoms with Crippen LogP contribution in [-0.4, -0.2) is 28.4 Å². The van der Waals surface area contributed by atoms with Crippen molar-refractivity contribution < 1.29 is 9.18 Å². The minimum atomic E-state index is -0.286. The van der Waals surface area contributed by atoms with Crippen molar-refractivity contribution in [2.45, 2.75) is 18.4 Å². The van der Waals surface area contributed by atoms with E-state index in [9.17, 15) is 9.18 Å². The molecule has 0 aliphatic rings. The van der Waals surface area contributed by atoms with Crippen molar-refractivity contribution in [1.82, 2.24) is 15.5 Å². The maximum absolute atomic E-state index is 13.2. The lowest BCUT2D eigenvalue weighted by Crippen LogP contribution is -2.25. The summed E-state index contributed by atoms with van der Waals surface area (Å²) in [6.45, 7) is 2.69. The maximum atomic E-state index is 13.2. The van der Waals surface area contributed by atoms with E-state index in [2.05, 4.69) is 15.5 Å². The van der Waals surface area contributed by atoms with Crippen molar-refractivity contribution in [3.05, 3.63) is 54.3 Å². The average Bonchev–Trinajstić information content (AvgIpc) is 2.65. The molecule has 0 unspecified atom stereocenters. The Hall–Kier alpha value is -2.47. The van der Waals surface area contributed by atoms with Crippen molar-refractivity contribution in [2.24, 2.45) is 0 Å². The van der Waals surface area contributed by atoms with Gasteiger partial charge in [-0.3, -0.25) is 4.79 Å². The summed E-state index contributed by atoms with van der Waals surface area (Å²) in [5.41, 5.74) is 1.51. The topological polar surface area (TPSA) is 54.9 Å². The molecular formula is C19H18FN3OS. The monoisotopic (exact) mass is 355 g/mol. The number of rotatable bonds is 6. The highest BCUT2D eigenvalue weighted by Crippen LogP contribution is 2.31. The molecule has 1 heterocycles. The number of amides is 1. The zero-order chi connectivity index (χ0) is 17.6. The molecule has 3 rings (SSSR count). The van der Waals surface area contributed by atoms with Crippen LogP contribution in [0.25, 0.3) is 22.0 Å². The smallest absolute Gasteiger partial charge is 0.230 e. The standard InChI is InChI=1S/C19H18FN3OS/c1-2-11-21-17(24)12-25-19-16-6-4-3-5-15(16)18(22-23-19)13-7-9-14(20)10-8-13/h3-10H,2,11-12H2,1H3,(H,21,24). The van der Waals surface area contributed by atoms with E-state index in [0.717, 1.165) is 22.8 Å². The molecule has 0 saturated heterocycles. The van der Waals surface area contributed by atoms with Crippen molar-refractivity contribution in [3.63, 3.8) is 0 Å². The fraction of sp³-hybridized carbons (Fsp3) is 0.211. The molecule has 0 aliphatic carbocycles. The Morgan fingerprint density at radius 3 is 2.52 bits per heavy atom. The zero-order valence-corrected chi connectivity index (χ0v) is 14.6. The molecule has 128 valence electrons. The van der Waals surface area contributed by atoms with E-state index in [1.807, 2.05) is 31.2 Å². The Labute approximate surface area is 149 Å². The second kappa shape index (κ2) is 8.07. The van der Waals surface area contributed by atoms with E-state index < -0.39 is 0 Å². The van der Waals surface area contributed by atoms with Gasteiger partial charge < -0.3 is 5.32 Å². The first kappa shape index (κ1) is 17.4. The number of nitrogens with zero attached hydrogens (tertiary/aromatic N) is 2. The van der Waals surface area contributed by atoms with E-state index in [4.69, 9.17) is 0 Å². The number of carbonyl (C=O) groups excluding carboxylic acids is 1. The third kappa shape index (κ3) is 4.14. The van der Waals surface area contributed by atoms with Gasteiger partial charge in [-0.1, -0.05) is 43.0 Å². The molecule has 0 bridgehead atoms. The second-order valence-electron chi connectivity index (χ2n) is 5.54. The quantitative estimate of drug-likeness (QED) is 0.678. The number of thioether (sulfide) groups is 1. The van der Waals surface area contributed by atoms with Crippen LogP contribution in [0.4, 0.5) is 4.39 Å². The number of aromatic nitrogens is 2. The molecule has 1 N–H and O–H groups in total. The fourth-order valence-corrected chi connectivity index (χ4v) is 3.26. The molecule has 3 aromatic rings. The van der Waals surface area contributed by atoms with Gasteiger partial charge in [0.2, 0.25) is 5.91 Å². The SMILES string of the molecule is CCCNC(=O)CSc1nnc(-c2ccc(F)cc2)c2ccccc12. The lowest BCUT2D eigenvalue weighted by atomic mass is 10.1. The van der Waals surface area contributed by atoms with Gasteiger partial charge in [-0.15, -0.1) is 10.2 Å². The van der Waals surface area contributed by atoms with Crippen LogP contribution in [0, 0.1) is 5.82 Å². The van der Waals surface area contributed by atoms with Crippen LogP contribution in [0.2, 0.25) is 0 Å². The Bertz CT molecular complexity index is 883. The van der Waals surface area contributed by atoms with E-state index in [1.54, 1.807) is 12.1 Å². The fourth-order valence-electron chi connectivity index (χ4n) is 2.46. The molecule has 1 amide bonds. The van der Waals surface area contributed by atoms with Gasteiger partial charge >= 0.3 is 0 Å². The lowest BCUT2D eigenvalue weighted by Gasteiger charge is -2.09. The van der Waals surface area contributed by atoms with E-state index in [-0.39, 0.29) is 11.7 Å². The van der Waals surface area contributed by atoms with E-state index >= 15 is 0 Å². The Kier molecular flexibility index (Phi) is 5.60. The number of fused-ring (bicyclic) bond motifs is 1. The van der Waals surface area contributed by atoms with Crippen LogP contribution in [0.1, 0.15) is 13.3 Å². The summed E-state index contributed by atoms with van der Waals surface area (Å²) in [6.07, 6.45) is 0.908. The van der Waals surface area contributed by atoms with Gasteiger partial charge in [-0.05, 0) is 30.7 Å². The number of nitrogens with one attached hydrogen (secondary N) is 1. The number of hydrogen-bond acceptors (Lipinski definition) is 4. The number of benzene rings is 2. The first-order valence-electron chi connectivity index (χ1n) is 8.10. The average molecular weight is 355 g/mol. The van der Waals surface area contributed by atoms with E-state index in [1.165, 1.54) is 23.9 Å². The van der Waals surface area contributed by atoms with Crippen LogP contribution < -0.4 is 5.32 Å². The van der Waals surface area contributed by atoms with Gasteiger partial charge in [0.05, 0.1) is 5.75 Å². The molecule has 0 atom stereocenters. The van der Waals surface area contributed by atoms with Crippen molar-refractivity contribution in [2.75, 3.05) is 12.3 Å². The Morgan fingerprint density at radius 1 is 1.08 bits per heavy atom. The number of halogens is 1. The van der Waals surface area contributed by atoms with E-state index in [0.29, 0.717) is 23.0 Å². The second-order valence-corrected chi connectivity index (χ2v) is 6.51. The Balaban J connectivity index is 1.91. The largest absolute Gasteiger partial charge is 0.355 e. The van der Waals surface area contributed by atoms with Gasteiger partial charge in [0.15, 0.2) is 0 Å². The van der Waals surface area contributed by atoms with Gasteiger partial charge in [0.1, 0.15) is 16.5 Å². The Morgan fingerprint density at radius 2 is 1.80 bits per heavy atom. The van der Waals surface area contributed by atoms with Gasteiger partial charge in [0, 0.05) is 22.9 Å². The molecule has 6 heteroatoms. The molecule has 0 fully saturated rings. The van der Waals surface area contributed by atoms with Crippen molar-refractivity contribution >= 4 is 28.4 Å². The zero-order valence-electron chi connectivity index (χ0n) is 13.8. The van der Waals surface area contributed by atoms with Crippen LogP contribution >= 0.6 is 11.8 Å². The third-order valence-electron chi connectivity index (χ3n) is 3.68. The number of hydrogen-bond donors (Lipinski definition) is 1. The predicted octanol–water partition coefficient (Wildman–Crippen LogP) is 4.05. The predicted molar refractivity (Wildman–Crippen MR) is 99.0 cm³/mol. The normalized spacial score (nSPS) is 10.8. The summed E-state index contributed by atoms with van der Waals surface area (Å²) in [5.74, 6) is 0.000746. The molecule has 2 aromatic carbocycles. The molecular weight excluding hydrogens is 337 g/mol. The highest BCUT2D eigenvalue weighted by molar-refractivity contribution is 8.00. The third-order valence-corrected chi connectivity index (χ3v) is 4.66. The summed E-state index contributed by atoms with van der Waals surface area (Å²) >= 11 is 1.37. The highest BCUT2D eigenvalue weighted by Gasteiger charge is 2.12. The molecule has 1 aromatic heterocycles. The molecule has 0 spiro atoms. The maximum Gasteiger partial charge on any atom is 0.230 e. The lowest BCUT2D eigenvalue weighted by molar-refractivity contribution is -0.118. The minimum Gasteiger partial charge on any atom is -0.355 e.